The van der Waals surface area contributed by atoms with Gasteiger partial charge < -0.3 is 10.6 Å². The van der Waals surface area contributed by atoms with Gasteiger partial charge in [-0.05, 0) is 50.4 Å². The third kappa shape index (κ3) is 4.02. The quantitative estimate of drug-likeness (QED) is 0.848. The Morgan fingerprint density at radius 1 is 1.33 bits per heavy atom. The maximum Gasteiger partial charge on any atom is 0.235 e. The number of aryl methyl sites for hydroxylation is 1. The number of carbonyl (C=O) groups excluding carboxylic acids is 1. The van der Waals surface area contributed by atoms with Gasteiger partial charge in [0, 0.05) is 18.8 Å². The second kappa shape index (κ2) is 7.72. The van der Waals surface area contributed by atoms with Gasteiger partial charge in [0.05, 0.1) is 17.4 Å². The van der Waals surface area contributed by atoms with Gasteiger partial charge in [0.2, 0.25) is 15.9 Å². The lowest BCUT2D eigenvalue weighted by atomic mass is 9.98. The van der Waals surface area contributed by atoms with Gasteiger partial charge >= 0.3 is 0 Å². The molecule has 2 heterocycles. The molecule has 24 heavy (non-hydrogen) atoms. The highest BCUT2D eigenvalue weighted by molar-refractivity contribution is 7.93. The molecule has 1 unspecified atom stereocenters. The van der Waals surface area contributed by atoms with Crippen LogP contribution in [-0.2, 0) is 14.8 Å². The van der Waals surface area contributed by atoms with Crippen LogP contribution in [-0.4, -0.2) is 39.7 Å². The summed E-state index contributed by atoms with van der Waals surface area (Å²) in [5, 5.41) is 6.16. The molecule has 2 saturated heterocycles. The van der Waals surface area contributed by atoms with Gasteiger partial charge in [-0.1, -0.05) is 6.07 Å². The molecule has 0 spiro atoms. The van der Waals surface area contributed by atoms with Crippen molar-refractivity contribution in [3.8, 4) is 0 Å². The van der Waals surface area contributed by atoms with E-state index in [1.165, 1.54) is 4.31 Å². The van der Waals surface area contributed by atoms with Crippen LogP contribution in [0.1, 0.15) is 24.8 Å². The molecule has 1 aromatic carbocycles. The Labute approximate surface area is 149 Å². The first kappa shape index (κ1) is 19.0. The first-order chi connectivity index (χ1) is 11.0. The highest BCUT2D eigenvalue weighted by atomic mass is 35.5. The van der Waals surface area contributed by atoms with Crippen molar-refractivity contribution in [3.05, 3.63) is 23.8 Å². The fourth-order valence-corrected chi connectivity index (χ4v) is 4.80. The summed E-state index contributed by atoms with van der Waals surface area (Å²) in [6, 6.07) is 5.46. The van der Waals surface area contributed by atoms with Crippen molar-refractivity contribution in [1.29, 1.82) is 0 Å². The molecular formula is C16H24ClN3O3S. The third-order valence-electron chi connectivity index (χ3n) is 4.51. The van der Waals surface area contributed by atoms with Crippen LogP contribution in [0, 0.1) is 12.8 Å². The highest BCUT2D eigenvalue weighted by Crippen LogP contribution is 2.30. The number of benzene rings is 1. The zero-order chi connectivity index (χ0) is 16.4. The van der Waals surface area contributed by atoms with Gasteiger partial charge in [-0.15, -0.1) is 12.4 Å². The Morgan fingerprint density at radius 2 is 2.12 bits per heavy atom. The molecule has 0 saturated carbocycles. The average Bonchev–Trinajstić information content (AvgIpc) is 2.89. The fourth-order valence-electron chi connectivity index (χ4n) is 3.19. The second-order valence-corrected chi connectivity index (χ2v) is 8.29. The molecule has 2 aliphatic rings. The van der Waals surface area contributed by atoms with Crippen molar-refractivity contribution in [2.24, 2.45) is 5.92 Å². The van der Waals surface area contributed by atoms with Crippen LogP contribution >= 0.6 is 12.4 Å². The van der Waals surface area contributed by atoms with Gasteiger partial charge in [-0.3, -0.25) is 9.10 Å². The Kier molecular flexibility index (Phi) is 6.11. The van der Waals surface area contributed by atoms with Crippen molar-refractivity contribution in [3.63, 3.8) is 0 Å². The van der Waals surface area contributed by atoms with Gasteiger partial charge in [-0.25, -0.2) is 8.42 Å². The minimum Gasteiger partial charge on any atom is -0.326 e. The molecule has 134 valence electrons. The molecule has 3 rings (SSSR count). The van der Waals surface area contributed by atoms with E-state index in [9.17, 15) is 13.2 Å². The van der Waals surface area contributed by atoms with Gasteiger partial charge in [0.1, 0.15) is 0 Å². The van der Waals surface area contributed by atoms with Crippen molar-refractivity contribution in [2.75, 3.05) is 35.0 Å². The number of carbonyl (C=O) groups is 1. The topological polar surface area (TPSA) is 78.5 Å². The molecule has 1 amide bonds. The van der Waals surface area contributed by atoms with Crippen molar-refractivity contribution in [2.45, 2.75) is 26.2 Å². The van der Waals surface area contributed by atoms with Crippen LogP contribution in [0.3, 0.4) is 0 Å². The Morgan fingerprint density at radius 3 is 2.75 bits per heavy atom. The SMILES string of the molecule is Cc1ccc(NC(=O)C2CCCNC2)cc1N1CCCS1(=O)=O.Cl. The molecule has 0 aromatic heterocycles. The highest BCUT2D eigenvalue weighted by Gasteiger charge is 2.29. The number of hydrogen-bond acceptors (Lipinski definition) is 4. The summed E-state index contributed by atoms with van der Waals surface area (Å²) in [5.41, 5.74) is 2.22. The van der Waals surface area contributed by atoms with Gasteiger partial charge in [0.25, 0.3) is 0 Å². The van der Waals surface area contributed by atoms with E-state index in [2.05, 4.69) is 10.6 Å². The number of amides is 1. The summed E-state index contributed by atoms with van der Waals surface area (Å²) in [6.45, 7) is 4.06. The molecule has 2 fully saturated rings. The summed E-state index contributed by atoms with van der Waals surface area (Å²) in [4.78, 5) is 12.3. The zero-order valence-corrected chi connectivity index (χ0v) is 15.4. The molecule has 0 aliphatic carbocycles. The molecule has 0 bridgehead atoms. The molecular weight excluding hydrogens is 350 g/mol. The predicted octanol–water partition coefficient (Wildman–Crippen LogP) is 1.89. The Bertz CT molecular complexity index is 703. The summed E-state index contributed by atoms with van der Waals surface area (Å²) >= 11 is 0. The van der Waals surface area contributed by atoms with Crippen molar-refractivity contribution >= 4 is 39.7 Å². The van der Waals surface area contributed by atoms with Crippen LogP contribution in [0.15, 0.2) is 18.2 Å². The summed E-state index contributed by atoms with van der Waals surface area (Å²) < 4.78 is 25.7. The van der Waals surface area contributed by atoms with Crippen LogP contribution in [0.5, 0.6) is 0 Å². The van der Waals surface area contributed by atoms with Gasteiger partial charge in [0.15, 0.2) is 0 Å². The molecule has 0 radical (unpaired) electrons. The smallest absolute Gasteiger partial charge is 0.235 e. The average molecular weight is 374 g/mol. The molecule has 8 heteroatoms. The van der Waals surface area contributed by atoms with Gasteiger partial charge in [-0.2, -0.15) is 0 Å². The maximum atomic E-state index is 12.3. The van der Waals surface area contributed by atoms with Crippen LogP contribution in [0.2, 0.25) is 0 Å². The van der Waals surface area contributed by atoms with Crippen LogP contribution in [0.25, 0.3) is 0 Å². The number of rotatable bonds is 3. The minimum atomic E-state index is -3.22. The Balaban J connectivity index is 0.00000208. The zero-order valence-electron chi connectivity index (χ0n) is 13.7. The summed E-state index contributed by atoms with van der Waals surface area (Å²) in [6.07, 6.45) is 2.54. The molecule has 1 atom stereocenters. The monoisotopic (exact) mass is 373 g/mol. The Hall–Kier alpha value is -1.31. The van der Waals surface area contributed by atoms with E-state index in [0.29, 0.717) is 30.9 Å². The normalized spacial score (nSPS) is 22.7. The summed E-state index contributed by atoms with van der Waals surface area (Å²) in [7, 11) is -3.22. The number of anilines is 2. The van der Waals surface area contributed by atoms with E-state index in [1.54, 1.807) is 6.07 Å². The number of piperidine rings is 1. The molecule has 6 nitrogen and oxygen atoms in total. The van der Waals surface area contributed by atoms with E-state index >= 15 is 0 Å². The predicted molar refractivity (Wildman–Crippen MR) is 98.4 cm³/mol. The first-order valence-electron chi connectivity index (χ1n) is 8.10. The standard InChI is InChI=1S/C16H23N3O3S.ClH/c1-12-5-6-14(18-16(20)13-4-2-7-17-11-13)10-15(12)19-8-3-9-23(19,21)22;/h5-6,10,13,17H,2-4,7-9,11H2,1H3,(H,18,20);1H. The van der Waals surface area contributed by atoms with Crippen LogP contribution < -0.4 is 14.9 Å². The van der Waals surface area contributed by atoms with Crippen LogP contribution in [0.4, 0.5) is 11.4 Å². The van der Waals surface area contributed by atoms with E-state index < -0.39 is 10.0 Å². The minimum absolute atomic E-state index is 0. The molecule has 2 aliphatic heterocycles. The second-order valence-electron chi connectivity index (χ2n) is 6.28. The maximum absolute atomic E-state index is 12.3. The summed E-state index contributed by atoms with van der Waals surface area (Å²) in [5.74, 6) is 0.164. The van der Waals surface area contributed by atoms with E-state index in [-0.39, 0.29) is 30.0 Å². The third-order valence-corrected chi connectivity index (χ3v) is 6.37. The first-order valence-corrected chi connectivity index (χ1v) is 9.71. The molecule has 2 N–H and O–H groups in total. The molecule has 1 aromatic rings. The van der Waals surface area contributed by atoms with E-state index in [0.717, 1.165) is 24.9 Å². The number of nitrogens with one attached hydrogen (secondary N) is 2. The van der Waals surface area contributed by atoms with Crippen molar-refractivity contribution < 1.29 is 13.2 Å². The number of nitrogens with zero attached hydrogens (tertiary/aromatic N) is 1. The number of hydrogen-bond donors (Lipinski definition) is 2. The lowest BCUT2D eigenvalue weighted by Gasteiger charge is -2.23. The fraction of sp³-hybridized carbons (Fsp3) is 0.562. The lowest BCUT2D eigenvalue weighted by molar-refractivity contribution is -0.120. The lowest BCUT2D eigenvalue weighted by Crippen LogP contribution is -2.37. The van der Waals surface area contributed by atoms with E-state index in [1.807, 2.05) is 19.1 Å². The number of sulfonamides is 1. The van der Waals surface area contributed by atoms with E-state index in [4.69, 9.17) is 0 Å². The van der Waals surface area contributed by atoms with Crippen molar-refractivity contribution in [1.82, 2.24) is 5.32 Å². The largest absolute Gasteiger partial charge is 0.326 e. The number of halogens is 1.